The summed E-state index contributed by atoms with van der Waals surface area (Å²) in [5.74, 6) is -0.394. The van der Waals surface area contributed by atoms with E-state index in [4.69, 9.17) is 5.73 Å². The van der Waals surface area contributed by atoms with E-state index >= 15 is 0 Å². The lowest BCUT2D eigenvalue weighted by atomic mass is 9.75. The highest BCUT2D eigenvalue weighted by Crippen LogP contribution is 2.34. The van der Waals surface area contributed by atoms with E-state index in [-0.39, 0.29) is 0 Å². The SMILES string of the molecule is CC(C(N)=O)(c1ccc(-c2cn[nH]c2)cc1)c1ccc(-c2cn[nH]c2)cc1. The zero-order valence-electron chi connectivity index (χ0n) is 14.8. The largest absolute Gasteiger partial charge is 0.369 e. The van der Waals surface area contributed by atoms with Crippen molar-refractivity contribution in [3.05, 3.63) is 84.4 Å². The number of rotatable bonds is 5. The van der Waals surface area contributed by atoms with Crippen molar-refractivity contribution < 1.29 is 4.79 Å². The van der Waals surface area contributed by atoms with Crippen molar-refractivity contribution in [2.75, 3.05) is 0 Å². The second-order valence-electron chi connectivity index (χ2n) is 6.62. The number of nitrogens with zero attached hydrogens (tertiary/aromatic N) is 2. The summed E-state index contributed by atoms with van der Waals surface area (Å²) in [6.07, 6.45) is 7.18. The standard InChI is InChI=1S/C21H19N5O/c1-21(20(22)27,18-6-2-14(3-7-18)16-10-23-24-11-16)19-8-4-15(5-9-19)17-12-25-26-13-17/h2-13H,1H3,(H2,22,27)(H,23,24)(H,25,26). The molecule has 2 heterocycles. The average Bonchev–Trinajstić information content (AvgIpc) is 3.41. The number of aromatic nitrogens is 4. The molecule has 0 fully saturated rings. The van der Waals surface area contributed by atoms with Gasteiger partial charge in [-0.05, 0) is 29.2 Å². The van der Waals surface area contributed by atoms with Gasteiger partial charge < -0.3 is 5.73 Å². The van der Waals surface area contributed by atoms with Crippen molar-refractivity contribution in [3.63, 3.8) is 0 Å². The zero-order chi connectivity index (χ0) is 18.9. The first-order chi connectivity index (χ1) is 13.1. The van der Waals surface area contributed by atoms with Crippen LogP contribution in [0.3, 0.4) is 0 Å². The maximum atomic E-state index is 12.4. The molecule has 134 valence electrons. The number of nitrogens with two attached hydrogens (primary N) is 1. The fourth-order valence-corrected chi connectivity index (χ4v) is 3.26. The van der Waals surface area contributed by atoms with Gasteiger partial charge >= 0.3 is 0 Å². The Morgan fingerprint density at radius 1 is 0.778 bits per heavy atom. The third kappa shape index (κ3) is 2.91. The lowest BCUT2D eigenvalue weighted by Crippen LogP contribution is -2.39. The molecular formula is C21H19N5O. The van der Waals surface area contributed by atoms with Crippen LogP contribution in [0.1, 0.15) is 18.1 Å². The summed E-state index contributed by atoms with van der Waals surface area (Å²) in [6.45, 7) is 1.86. The van der Waals surface area contributed by atoms with Gasteiger partial charge in [0.05, 0.1) is 17.8 Å². The zero-order valence-corrected chi connectivity index (χ0v) is 14.8. The minimum atomic E-state index is -0.927. The maximum Gasteiger partial charge on any atom is 0.232 e. The minimum Gasteiger partial charge on any atom is -0.369 e. The molecule has 6 heteroatoms. The monoisotopic (exact) mass is 357 g/mol. The third-order valence-corrected chi connectivity index (χ3v) is 5.08. The van der Waals surface area contributed by atoms with Gasteiger partial charge in [0.2, 0.25) is 5.91 Å². The molecule has 0 aliphatic carbocycles. The quantitative estimate of drug-likeness (QED) is 0.511. The number of aromatic amines is 2. The van der Waals surface area contributed by atoms with E-state index < -0.39 is 11.3 Å². The van der Waals surface area contributed by atoms with Gasteiger partial charge in [0.15, 0.2) is 0 Å². The number of carbonyl (C=O) groups excluding carboxylic acids is 1. The van der Waals surface area contributed by atoms with E-state index in [0.717, 1.165) is 33.4 Å². The maximum absolute atomic E-state index is 12.4. The number of H-pyrrole nitrogens is 2. The Bertz CT molecular complexity index is 955. The first-order valence-corrected chi connectivity index (χ1v) is 8.58. The van der Waals surface area contributed by atoms with E-state index in [1.54, 1.807) is 12.4 Å². The van der Waals surface area contributed by atoms with E-state index in [1.165, 1.54) is 0 Å². The molecule has 0 unspecified atom stereocenters. The van der Waals surface area contributed by atoms with E-state index in [1.807, 2.05) is 67.8 Å². The number of primary amides is 1. The number of hydrogen-bond acceptors (Lipinski definition) is 3. The van der Waals surface area contributed by atoms with Gasteiger partial charge in [-0.1, -0.05) is 48.5 Å². The Morgan fingerprint density at radius 2 is 1.19 bits per heavy atom. The van der Waals surface area contributed by atoms with Crippen LogP contribution in [0.5, 0.6) is 0 Å². The molecule has 0 saturated heterocycles. The molecule has 2 aromatic carbocycles. The highest BCUT2D eigenvalue weighted by Gasteiger charge is 2.35. The predicted molar refractivity (Wildman–Crippen MR) is 104 cm³/mol. The lowest BCUT2D eigenvalue weighted by molar-refractivity contribution is -0.121. The van der Waals surface area contributed by atoms with E-state index in [2.05, 4.69) is 20.4 Å². The molecule has 2 aromatic heterocycles. The van der Waals surface area contributed by atoms with Gasteiger partial charge in [-0.25, -0.2) is 0 Å². The van der Waals surface area contributed by atoms with Crippen molar-refractivity contribution in [1.29, 1.82) is 0 Å². The van der Waals surface area contributed by atoms with Crippen LogP contribution in [0, 0.1) is 0 Å². The summed E-state index contributed by atoms with van der Waals surface area (Å²) >= 11 is 0. The third-order valence-electron chi connectivity index (χ3n) is 5.08. The molecule has 27 heavy (non-hydrogen) atoms. The summed E-state index contributed by atoms with van der Waals surface area (Å²) in [6, 6.07) is 15.7. The molecule has 0 aliphatic heterocycles. The number of nitrogens with one attached hydrogen (secondary N) is 2. The summed E-state index contributed by atoms with van der Waals surface area (Å²) in [5, 5.41) is 13.5. The van der Waals surface area contributed by atoms with Crippen LogP contribution < -0.4 is 5.73 Å². The molecule has 0 bridgehead atoms. The molecule has 4 N–H and O–H groups in total. The van der Waals surface area contributed by atoms with E-state index in [0.29, 0.717) is 0 Å². The highest BCUT2D eigenvalue weighted by atomic mass is 16.1. The number of hydrogen-bond donors (Lipinski definition) is 3. The van der Waals surface area contributed by atoms with Gasteiger partial charge in [0.1, 0.15) is 0 Å². The van der Waals surface area contributed by atoms with Crippen LogP contribution in [-0.2, 0) is 10.2 Å². The molecule has 4 rings (SSSR count). The molecule has 1 amide bonds. The van der Waals surface area contributed by atoms with Crippen LogP contribution in [0.15, 0.2) is 73.3 Å². The smallest absolute Gasteiger partial charge is 0.232 e. The normalized spacial score (nSPS) is 11.4. The summed E-state index contributed by atoms with van der Waals surface area (Å²) in [5.41, 5.74) is 10.6. The Hall–Kier alpha value is -3.67. The van der Waals surface area contributed by atoms with Crippen LogP contribution in [0.25, 0.3) is 22.3 Å². The van der Waals surface area contributed by atoms with Gasteiger partial charge in [0.25, 0.3) is 0 Å². The highest BCUT2D eigenvalue weighted by molar-refractivity contribution is 5.90. The first-order valence-electron chi connectivity index (χ1n) is 8.58. The molecule has 0 radical (unpaired) electrons. The van der Waals surface area contributed by atoms with Crippen LogP contribution in [0.4, 0.5) is 0 Å². The second kappa shape index (κ2) is 6.57. The fraction of sp³-hybridized carbons (Fsp3) is 0.0952. The van der Waals surface area contributed by atoms with Crippen molar-refractivity contribution in [2.24, 2.45) is 5.73 Å². The van der Waals surface area contributed by atoms with Crippen molar-refractivity contribution >= 4 is 5.91 Å². The number of benzene rings is 2. The van der Waals surface area contributed by atoms with E-state index in [9.17, 15) is 4.79 Å². The Balaban J connectivity index is 1.71. The molecule has 4 aromatic rings. The summed E-state index contributed by atoms with van der Waals surface area (Å²) < 4.78 is 0. The van der Waals surface area contributed by atoms with Crippen LogP contribution in [-0.4, -0.2) is 26.3 Å². The Kier molecular flexibility index (Phi) is 4.08. The molecule has 0 saturated carbocycles. The van der Waals surface area contributed by atoms with Gasteiger partial charge in [-0.3, -0.25) is 15.0 Å². The topological polar surface area (TPSA) is 100 Å². The second-order valence-corrected chi connectivity index (χ2v) is 6.62. The molecule has 0 atom stereocenters. The van der Waals surface area contributed by atoms with Crippen molar-refractivity contribution in [2.45, 2.75) is 12.3 Å². The number of amides is 1. The molecule has 0 aliphatic rings. The predicted octanol–water partition coefficient (Wildman–Crippen LogP) is 3.26. The van der Waals surface area contributed by atoms with Gasteiger partial charge in [0, 0.05) is 23.5 Å². The average molecular weight is 357 g/mol. The minimum absolute atomic E-state index is 0.394. The summed E-state index contributed by atoms with van der Waals surface area (Å²) in [4.78, 5) is 12.4. The van der Waals surface area contributed by atoms with Crippen molar-refractivity contribution in [1.82, 2.24) is 20.4 Å². The molecule has 0 spiro atoms. The van der Waals surface area contributed by atoms with Gasteiger partial charge in [-0.15, -0.1) is 0 Å². The fourth-order valence-electron chi connectivity index (χ4n) is 3.26. The Morgan fingerprint density at radius 3 is 1.48 bits per heavy atom. The number of carbonyl (C=O) groups is 1. The van der Waals surface area contributed by atoms with Crippen LogP contribution in [0.2, 0.25) is 0 Å². The lowest BCUT2D eigenvalue weighted by Gasteiger charge is -2.27. The summed E-state index contributed by atoms with van der Waals surface area (Å²) in [7, 11) is 0. The van der Waals surface area contributed by atoms with Crippen molar-refractivity contribution in [3.8, 4) is 22.3 Å². The molecular weight excluding hydrogens is 338 g/mol. The molecule has 6 nitrogen and oxygen atoms in total. The Labute approximate surface area is 156 Å². The van der Waals surface area contributed by atoms with Crippen LogP contribution >= 0.6 is 0 Å². The van der Waals surface area contributed by atoms with Gasteiger partial charge in [-0.2, -0.15) is 10.2 Å². The first kappa shape index (κ1) is 16.8.